The van der Waals surface area contributed by atoms with Crippen LogP contribution < -0.4 is 0 Å². The third-order valence-electron chi connectivity index (χ3n) is 2.47. The van der Waals surface area contributed by atoms with E-state index in [-0.39, 0.29) is 6.29 Å². The molecule has 0 radical (unpaired) electrons. The van der Waals surface area contributed by atoms with Crippen molar-refractivity contribution in [2.24, 2.45) is 5.92 Å². The summed E-state index contributed by atoms with van der Waals surface area (Å²) in [6.45, 7) is 5.27. The zero-order valence-corrected chi connectivity index (χ0v) is 10.2. The van der Waals surface area contributed by atoms with Crippen molar-refractivity contribution in [2.45, 2.75) is 51.9 Å². The molecular weight excluding hydrogens is 204 g/mol. The molecule has 0 aromatic carbocycles. The number of aliphatic hydroxyl groups is 1. The summed E-state index contributed by atoms with van der Waals surface area (Å²) in [4.78, 5) is 0. The van der Waals surface area contributed by atoms with Gasteiger partial charge in [0.1, 0.15) is 6.10 Å². The quantitative estimate of drug-likeness (QED) is 0.745. The van der Waals surface area contributed by atoms with Crippen molar-refractivity contribution in [3.8, 4) is 11.8 Å². The molecule has 0 aromatic rings. The Balaban J connectivity index is 2.10. The molecule has 0 aliphatic carbocycles. The lowest BCUT2D eigenvalue weighted by Crippen LogP contribution is -2.24. The number of hydrogen-bond donors (Lipinski definition) is 1. The van der Waals surface area contributed by atoms with Gasteiger partial charge in [0, 0.05) is 13.0 Å². The van der Waals surface area contributed by atoms with Crippen LogP contribution in [0.1, 0.15) is 39.5 Å². The van der Waals surface area contributed by atoms with E-state index in [1.165, 1.54) is 6.42 Å². The lowest BCUT2D eigenvalue weighted by molar-refractivity contribution is -0.167. The molecule has 1 N–H and O–H groups in total. The van der Waals surface area contributed by atoms with Gasteiger partial charge in [-0.3, -0.25) is 0 Å². The van der Waals surface area contributed by atoms with Crippen molar-refractivity contribution in [1.29, 1.82) is 0 Å². The summed E-state index contributed by atoms with van der Waals surface area (Å²) in [6.07, 6.45) is 3.57. The second-order valence-corrected chi connectivity index (χ2v) is 4.44. The minimum atomic E-state index is -0.533. The Morgan fingerprint density at radius 3 is 2.88 bits per heavy atom. The Bertz CT molecular complexity index is 233. The first-order chi connectivity index (χ1) is 7.68. The monoisotopic (exact) mass is 226 g/mol. The standard InChI is InChI=1S/C13H22O3/c1-11(6-5-7-12(2)14)10-16-13-8-3-4-9-15-13/h11-14H,3-4,6,8-10H2,1-2H3/t11-,12-,13-/m0/s1. The van der Waals surface area contributed by atoms with Crippen LogP contribution in [0.3, 0.4) is 0 Å². The topological polar surface area (TPSA) is 38.7 Å². The molecule has 0 amide bonds. The Hall–Kier alpha value is -0.560. The Labute approximate surface area is 98.1 Å². The van der Waals surface area contributed by atoms with Crippen LogP contribution in [0.2, 0.25) is 0 Å². The summed E-state index contributed by atoms with van der Waals surface area (Å²) >= 11 is 0. The van der Waals surface area contributed by atoms with E-state index in [4.69, 9.17) is 14.6 Å². The molecule has 1 aliphatic rings. The number of ether oxygens (including phenoxy) is 2. The van der Waals surface area contributed by atoms with Gasteiger partial charge in [-0.05, 0) is 32.1 Å². The lowest BCUT2D eigenvalue weighted by atomic mass is 10.1. The highest BCUT2D eigenvalue weighted by Crippen LogP contribution is 2.15. The first kappa shape index (κ1) is 13.5. The number of rotatable bonds is 4. The van der Waals surface area contributed by atoms with Crippen LogP contribution in [-0.4, -0.2) is 30.7 Å². The normalized spacial score (nSPS) is 24.3. The second-order valence-electron chi connectivity index (χ2n) is 4.44. The first-order valence-corrected chi connectivity index (χ1v) is 6.08. The molecule has 0 spiro atoms. The fourth-order valence-electron chi connectivity index (χ4n) is 1.55. The van der Waals surface area contributed by atoms with Crippen LogP contribution >= 0.6 is 0 Å². The molecule has 0 saturated carbocycles. The molecule has 1 aliphatic heterocycles. The van der Waals surface area contributed by atoms with Crippen molar-refractivity contribution in [2.75, 3.05) is 13.2 Å². The predicted octanol–water partition coefficient (Wildman–Crippen LogP) is 1.94. The molecule has 1 fully saturated rings. The molecule has 0 unspecified atom stereocenters. The van der Waals surface area contributed by atoms with Gasteiger partial charge >= 0.3 is 0 Å². The summed E-state index contributed by atoms with van der Waals surface area (Å²) in [5, 5.41) is 8.97. The van der Waals surface area contributed by atoms with E-state index in [1.54, 1.807) is 6.92 Å². The van der Waals surface area contributed by atoms with Crippen molar-refractivity contribution in [1.82, 2.24) is 0 Å². The molecule has 3 nitrogen and oxygen atoms in total. The van der Waals surface area contributed by atoms with Crippen LogP contribution in [0.25, 0.3) is 0 Å². The summed E-state index contributed by atoms with van der Waals surface area (Å²) in [5.41, 5.74) is 0. The van der Waals surface area contributed by atoms with Crippen LogP contribution in [0.5, 0.6) is 0 Å². The van der Waals surface area contributed by atoms with E-state index in [0.29, 0.717) is 12.5 Å². The van der Waals surface area contributed by atoms with Gasteiger partial charge in [-0.25, -0.2) is 0 Å². The van der Waals surface area contributed by atoms with Crippen molar-refractivity contribution in [3.05, 3.63) is 0 Å². The highest BCUT2D eigenvalue weighted by Gasteiger charge is 2.14. The lowest BCUT2D eigenvalue weighted by Gasteiger charge is -2.23. The zero-order chi connectivity index (χ0) is 11.8. The molecule has 1 heterocycles. The summed E-state index contributed by atoms with van der Waals surface area (Å²) in [7, 11) is 0. The fourth-order valence-corrected chi connectivity index (χ4v) is 1.55. The van der Waals surface area contributed by atoms with E-state index in [1.807, 2.05) is 0 Å². The molecule has 0 aromatic heterocycles. The van der Waals surface area contributed by atoms with Gasteiger partial charge in [-0.15, -0.1) is 5.92 Å². The fraction of sp³-hybridized carbons (Fsp3) is 0.846. The molecule has 3 heteroatoms. The number of hydrogen-bond acceptors (Lipinski definition) is 3. The molecule has 1 saturated heterocycles. The summed E-state index contributed by atoms with van der Waals surface area (Å²) < 4.78 is 11.1. The van der Waals surface area contributed by atoms with Crippen molar-refractivity contribution < 1.29 is 14.6 Å². The second kappa shape index (κ2) is 7.67. The molecular formula is C13H22O3. The van der Waals surface area contributed by atoms with Crippen molar-refractivity contribution >= 4 is 0 Å². The molecule has 16 heavy (non-hydrogen) atoms. The van der Waals surface area contributed by atoms with Crippen LogP contribution in [-0.2, 0) is 9.47 Å². The van der Waals surface area contributed by atoms with Crippen LogP contribution in [0.4, 0.5) is 0 Å². The number of aliphatic hydroxyl groups excluding tert-OH is 1. The van der Waals surface area contributed by atoms with Gasteiger partial charge in [-0.2, -0.15) is 0 Å². The third kappa shape index (κ3) is 6.12. The van der Waals surface area contributed by atoms with Gasteiger partial charge in [0.05, 0.1) is 6.61 Å². The molecule has 92 valence electrons. The van der Waals surface area contributed by atoms with Gasteiger partial charge in [0.25, 0.3) is 0 Å². The van der Waals surface area contributed by atoms with Crippen LogP contribution in [0.15, 0.2) is 0 Å². The minimum Gasteiger partial charge on any atom is -0.381 e. The minimum absolute atomic E-state index is 0.0130. The van der Waals surface area contributed by atoms with E-state index in [9.17, 15) is 0 Å². The SMILES string of the molecule is C[C@@H](CC#C[C@H](C)O)CO[C@H]1CCCCO1. The van der Waals surface area contributed by atoms with Gasteiger partial charge < -0.3 is 14.6 Å². The van der Waals surface area contributed by atoms with E-state index >= 15 is 0 Å². The largest absolute Gasteiger partial charge is 0.381 e. The summed E-state index contributed by atoms with van der Waals surface area (Å²) in [5.74, 6) is 6.07. The van der Waals surface area contributed by atoms with Gasteiger partial charge in [-0.1, -0.05) is 12.8 Å². The predicted molar refractivity (Wildman–Crippen MR) is 62.8 cm³/mol. The van der Waals surface area contributed by atoms with E-state index in [2.05, 4.69) is 18.8 Å². The maximum absolute atomic E-state index is 8.97. The average Bonchev–Trinajstić information content (AvgIpc) is 2.27. The first-order valence-electron chi connectivity index (χ1n) is 6.08. The van der Waals surface area contributed by atoms with Crippen LogP contribution in [0, 0.1) is 17.8 Å². The molecule has 0 bridgehead atoms. The molecule has 1 rings (SSSR count). The highest BCUT2D eigenvalue weighted by molar-refractivity contribution is 5.03. The van der Waals surface area contributed by atoms with E-state index < -0.39 is 6.10 Å². The molecule has 3 atom stereocenters. The maximum Gasteiger partial charge on any atom is 0.157 e. The highest BCUT2D eigenvalue weighted by atomic mass is 16.7. The van der Waals surface area contributed by atoms with Gasteiger partial charge in [0.15, 0.2) is 6.29 Å². The zero-order valence-electron chi connectivity index (χ0n) is 10.2. The smallest absolute Gasteiger partial charge is 0.157 e. The van der Waals surface area contributed by atoms with Gasteiger partial charge in [0.2, 0.25) is 0 Å². The third-order valence-corrected chi connectivity index (χ3v) is 2.47. The van der Waals surface area contributed by atoms with E-state index in [0.717, 1.165) is 25.9 Å². The Morgan fingerprint density at radius 2 is 2.25 bits per heavy atom. The van der Waals surface area contributed by atoms with Crippen molar-refractivity contribution in [3.63, 3.8) is 0 Å². The average molecular weight is 226 g/mol. The maximum atomic E-state index is 8.97. The Morgan fingerprint density at radius 1 is 1.44 bits per heavy atom. The Kier molecular flexibility index (Phi) is 6.47. The summed E-state index contributed by atoms with van der Waals surface area (Å²) in [6, 6.07) is 0.